The van der Waals surface area contributed by atoms with Crippen molar-refractivity contribution in [3.05, 3.63) is 101 Å². The summed E-state index contributed by atoms with van der Waals surface area (Å²) in [6.45, 7) is 6.58. The monoisotopic (exact) mass is 516 g/mol. The van der Waals surface area contributed by atoms with Crippen LogP contribution >= 0.6 is 11.3 Å². The van der Waals surface area contributed by atoms with Crippen molar-refractivity contribution in [1.82, 2.24) is 19.3 Å². The van der Waals surface area contributed by atoms with Crippen molar-refractivity contribution in [1.29, 1.82) is 0 Å². The first-order valence-corrected chi connectivity index (χ1v) is 12.5. The van der Waals surface area contributed by atoms with E-state index in [2.05, 4.69) is 44.2 Å². The summed E-state index contributed by atoms with van der Waals surface area (Å²) in [7, 11) is 4.06. The van der Waals surface area contributed by atoms with Crippen LogP contribution in [0.1, 0.15) is 16.7 Å². The van der Waals surface area contributed by atoms with Gasteiger partial charge in [-0.3, -0.25) is 4.40 Å². The maximum absolute atomic E-state index is 15.0. The van der Waals surface area contributed by atoms with Crippen LogP contribution in [0.25, 0.3) is 22.7 Å². The van der Waals surface area contributed by atoms with E-state index in [1.54, 1.807) is 37.4 Å². The number of imidazole rings is 1. The van der Waals surface area contributed by atoms with Crippen LogP contribution in [0.15, 0.2) is 72.9 Å². The molecule has 0 atom stereocenters. The van der Waals surface area contributed by atoms with Crippen LogP contribution in [-0.2, 0) is 6.54 Å². The van der Waals surface area contributed by atoms with Gasteiger partial charge in [0.25, 0.3) is 0 Å². The first kappa shape index (κ1) is 24.6. The van der Waals surface area contributed by atoms with Crippen molar-refractivity contribution in [2.75, 3.05) is 24.7 Å². The lowest BCUT2D eigenvalue weighted by atomic mass is 10.1. The molecule has 0 saturated heterocycles. The summed E-state index contributed by atoms with van der Waals surface area (Å²) in [5, 5.41) is 8.48. The average molecular weight is 517 g/mol. The Morgan fingerprint density at radius 1 is 1.11 bits per heavy atom. The van der Waals surface area contributed by atoms with Crippen LogP contribution in [0.2, 0.25) is 0 Å². The number of halogens is 2. The topological polar surface area (TPSA) is 57.5 Å². The Labute approximate surface area is 217 Å². The average Bonchev–Trinajstić information content (AvgIpc) is 3.48. The molecule has 0 spiro atoms. The van der Waals surface area contributed by atoms with Crippen LogP contribution in [0.4, 0.5) is 25.3 Å². The highest BCUT2D eigenvalue weighted by Crippen LogP contribution is 2.30. The molecule has 5 aromatic rings. The number of para-hydroxylation sites is 1. The van der Waals surface area contributed by atoms with Crippen LogP contribution in [0.5, 0.6) is 0 Å². The molecule has 0 amide bonds. The van der Waals surface area contributed by atoms with Crippen molar-refractivity contribution >= 4 is 39.2 Å². The van der Waals surface area contributed by atoms with Gasteiger partial charge >= 0.3 is 0 Å². The van der Waals surface area contributed by atoms with Gasteiger partial charge in [0.1, 0.15) is 23.0 Å². The number of benzene rings is 2. The van der Waals surface area contributed by atoms with Gasteiger partial charge in [-0.25, -0.2) is 18.7 Å². The molecule has 9 heteroatoms. The number of aryl methyl sites for hydroxylation is 1. The lowest BCUT2D eigenvalue weighted by Crippen LogP contribution is -2.10. The number of nitrogens with zero attached hydrogens (tertiary/aromatic N) is 4. The highest BCUT2D eigenvalue weighted by molar-refractivity contribution is 7.14. The predicted octanol–water partition coefficient (Wildman–Crippen LogP) is 6.93. The number of fused-ring (bicyclic) bond motifs is 1. The molecule has 0 fully saturated rings. The molecule has 188 valence electrons. The van der Waals surface area contributed by atoms with E-state index in [1.165, 1.54) is 29.0 Å². The number of aromatic nitrogens is 3. The van der Waals surface area contributed by atoms with E-state index in [0.717, 1.165) is 29.1 Å². The summed E-state index contributed by atoms with van der Waals surface area (Å²) < 4.78 is 31.1. The largest absolute Gasteiger partial charge is 0.353 e. The maximum atomic E-state index is 15.0. The molecule has 3 heterocycles. The van der Waals surface area contributed by atoms with Crippen LogP contribution in [-0.4, -0.2) is 33.4 Å². The minimum atomic E-state index is -0.467. The van der Waals surface area contributed by atoms with Crippen molar-refractivity contribution in [3.8, 4) is 11.4 Å². The van der Waals surface area contributed by atoms with E-state index in [0.29, 0.717) is 22.1 Å². The van der Waals surface area contributed by atoms with Gasteiger partial charge in [-0.05, 0) is 62.5 Å². The van der Waals surface area contributed by atoms with Crippen LogP contribution < -0.4 is 10.6 Å². The zero-order valence-corrected chi connectivity index (χ0v) is 21.5. The third-order valence-corrected chi connectivity index (χ3v) is 6.66. The number of pyridine rings is 1. The number of hydrogen-bond donors (Lipinski definition) is 2. The maximum Gasteiger partial charge on any atom is 0.187 e. The van der Waals surface area contributed by atoms with Gasteiger partial charge in [0.05, 0.1) is 23.3 Å². The minimum absolute atomic E-state index is 0.283. The molecule has 2 N–H and O–H groups in total. The van der Waals surface area contributed by atoms with Gasteiger partial charge in [-0.1, -0.05) is 24.8 Å². The fraction of sp³-hybridized carbons (Fsp3) is 0.143. The van der Waals surface area contributed by atoms with E-state index in [1.807, 2.05) is 30.1 Å². The molecule has 37 heavy (non-hydrogen) atoms. The van der Waals surface area contributed by atoms with E-state index >= 15 is 0 Å². The third kappa shape index (κ3) is 5.23. The normalized spacial score (nSPS) is 11.3. The van der Waals surface area contributed by atoms with Crippen LogP contribution in [0, 0.1) is 18.6 Å². The van der Waals surface area contributed by atoms with Crippen LogP contribution in [0.3, 0.4) is 0 Å². The van der Waals surface area contributed by atoms with Gasteiger partial charge in [-0.15, -0.1) is 11.3 Å². The Balaban J connectivity index is 1.32. The molecule has 2 aromatic carbocycles. The summed E-state index contributed by atoms with van der Waals surface area (Å²) in [6.07, 6.45) is 3.78. The Morgan fingerprint density at radius 2 is 1.95 bits per heavy atom. The second-order valence-electron chi connectivity index (χ2n) is 9.04. The predicted molar refractivity (Wildman–Crippen MR) is 147 cm³/mol. The van der Waals surface area contributed by atoms with Gasteiger partial charge < -0.3 is 15.5 Å². The SMILES string of the molecule is C=C(Nc1c(C)cccc1F)c1ccc(Nc2nc(-c3cnc4cc(CN(C)C)ccn34)cs2)c(F)c1. The zero-order valence-electron chi connectivity index (χ0n) is 20.7. The van der Waals surface area contributed by atoms with Gasteiger partial charge in [0.2, 0.25) is 0 Å². The van der Waals surface area contributed by atoms with Crippen molar-refractivity contribution in [2.45, 2.75) is 13.5 Å². The summed E-state index contributed by atoms with van der Waals surface area (Å²) in [6, 6.07) is 13.6. The molecule has 6 nitrogen and oxygen atoms in total. The molecule has 5 rings (SSSR count). The molecule has 3 aromatic heterocycles. The van der Waals surface area contributed by atoms with Gasteiger partial charge in [0, 0.05) is 29.4 Å². The standard InChI is InChI=1S/C28H26F2N6S/c1-17-6-5-7-21(29)27(17)32-18(2)20-8-9-23(22(30)13-20)33-28-34-24(16-37-28)25-14-31-26-12-19(15-35(3)4)10-11-36(25)26/h5-14,16,32H,2,15H2,1,3-4H3,(H,33,34). The molecule has 0 unspecified atom stereocenters. The van der Waals surface area contributed by atoms with E-state index < -0.39 is 5.82 Å². The smallest absolute Gasteiger partial charge is 0.187 e. The third-order valence-electron chi connectivity index (χ3n) is 5.90. The van der Waals surface area contributed by atoms with E-state index in [9.17, 15) is 8.78 Å². The number of nitrogens with one attached hydrogen (secondary N) is 2. The minimum Gasteiger partial charge on any atom is -0.353 e. The number of rotatable bonds is 8. The Kier molecular flexibility index (Phi) is 6.73. The molecule has 0 aliphatic carbocycles. The number of anilines is 3. The summed E-state index contributed by atoms with van der Waals surface area (Å²) in [5.74, 6) is -0.856. The molecule has 0 aliphatic heterocycles. The lowest BCUT2D eigenvalue weighted by Gasteiger charge is -2.14. The molecular weight excluding hydrogens is 490 g/mol. The second-order valence-corrected chi connectivity index (χ2v) is 9.90. The summed E-state index contributed by atoms with van der Waals surface area (Å²) >= 11 is 1.38. The Hall–Kier alpha value is -4.08. The fourth-order valence-electron chi connectivity index (χ4n) is 4.06. The number of hydrogen-bond acceptors (Lipinski definition) is 6. The first-order valence-electron chi connectivity index (χ1n) is 11.6. The second kappa shape index (κ2) is 10.1. The van der Waals surface area contributed by atoms with Gasteiger partial charge in [-0.2, -0.15) is 0 Å². The molecular formula is C28H26F2N6S. The lowest BCUT2D eigenvalue weighted by molar-refractivity contribution is 0.402. The zero-order chi connectivity index (χ0) is 26.1. The first-order chi connectivity index (χ1) is 17.8. The van der Waals surface area contributed by atoms with Gasteiger partial charge in [0.15, 0.2) is 5.13 Å². The molecule has 0 radical (unpaired) electrons. The van der Waals surface area contributed by atoms with Crippen molar-refractivity contribution < 1.29 is 8.78 Å². The highest BCUT2D eigenvalue weighted by Gasteiger charge is 2.14. The van der Waals surface area contributed by atoms with Crippen molar-refractivity contribution in [3.63, 3.8) is 0 Å². The molecule has 0 aliphatic rings. The van der Waals surface area contributed by atoms with E-state index in [-0.39, 0.29) is 11.5 Å². The highest BCUT2D eigenvalue weighted by atomic mass is 32.1. The summed E-state index contributed by atoms with van der Waals surface area (Å²) in [4.78, 5) is 11.3. The summed E-state index contributed by atoms with van der Waals surface area (Å²) in [5.41, 5.74) is 5.89. The number of thiazole rings is 1. The molecule has 0 saturated carbocycles. The quantitative estimate of drug-likeness (QED) is 0.234. The Bertz CT molecular complexity index is 1580. The molecule has 0 bridgehead atoms. The van der Waals surface area contributed by atoms with E-state index in [4.69, 9.17) is 0 Å². The Morgan fingerprint density at radius 3 is 2.70 bits per heavy atom. The fourth-order valence-corrected chi connectivity index (χ4v) is 4.77. The van der Waals surface area contributed by atoms with Crippen molar-refractivity contribution in [2.24, 2.45) is 0 Å².